The molecular weight excluding hydrogens is 687 g/mol. The van der Waals surface area contributed by atoms with Gasteiger partial charge in [0.15, 0.2) is 6.17 Å². The summed E-state index contributed by atoms with van der Waals surface area (Å²) < 4.78 is 2.50. The maximum absolute atomic E-state index is 5.26. The second kappa shape index (κ2) is 14.3. The first-order valence-corrected chi connectivity index (χ1v) is 19.7. The Bertz CT molecular complexity index is 2770. The van der Waals surface area contributed by atoms with Crippen LogP contribution in [0.25, 0.3) is 59.1 Å². The molecule has 0 amide bonds. The fraction of sp³-hybridized carbons (Fsp3) is 0.0588. The lowest BCUT2D eigenvalue weighted by Crippen LogP contribution is -2.36. The minimum atomic E-state index is -0.405. The lowest BCUT2D eigenvalue weighted by Gasteiger charge is -2.23. The Hall–Kier alpha value is -6.62. The first kappa shape index (κ1) is 33.0. The molecule has 10 rings (SSSR count). The van der Waals surface area contributed by atoms with E-state index in [9.17, 15) is 0 Å². The zero-order valence-corrected chi connectivity index (χ0v) is 31.0. The van der Waals surface area contributed by atoms with Crippen molar-refractivity contribution in [1.82, 2.24) is 5.32 Å². The summed E-state index contributed by atoms with van der Waals surface area (Å²) in [5.41, 5.74) is 13.2. The van der Waals surface area contributed by atoms with Crippen molar-refractivity contribution in [2.45, 2.75) is 19.0 Å². The van der Waals surface area contributed by atoms with Gasteiger partial charge >= 0.3 is 0 Å². The molecule has 1 aromatic heterocycles. The van der Waals surface area contributed by atoms with Crippen molar-refractivity contribution in [3.05, 3.63) is 210 Å². The maximum atomic E-state index is 5.26. The number of benzene rings is 7. The second-order valence-electron chi connectivity index (χ2n) is 14.1. The molecule has 8 aromatic rings. The van der Waals surface area contributed by atoms with Crippen molar-refractivity contribution in [3.63, 3.8) is 0 Å². The van der Waals surface area contributed by atoms with Crippen LogP contribution in [0.1, 0.15) is 41.3 Å². The van der Waals surface area contributed by atoms with Crippen LogP contribution in [0.3, 0.4) is 0 Å². The van der Waals surface area contributed by atoms with Crippen molar-refractivity contribution in [2.24, 2.45) is 9.98 Å². The molecule has 55 heavy (non-hydrogen) atoms. The summed E-state index contributed by atoms with van der Waals surface area (Å²) in [5, 5.41) is 6.01. The molecule has 0 atom stereocenters. The number of hydrogen-bond donors (Lipinski definition) is 1. The van der Waals surface area contributed by atoms with Gasteiger partial charge in [-0.1, -0.05) is 158 Å². The van der Waals surface area contributed by atoms with E-state index in [2.05, 4.69) is 181 Å². The number of nitrogens with one attached hydrogen (secondary N) is 1. The molecule has 0 unspecified atom stereocenters. The zero-order chi connectivity index (χ0) is 36.6. The first-order chi connectivity index (χ1) is 27.2. The highest BCUT2D eigenvalue weighted by Crippen LogP contribution is 2.43. The third kappa shape index (κ3) is 6.41. The van der Waals surface area contributed by atoms with Crippen LogP contribution in [0, 0.1) is 0 Å². The van der Waals surface area contributed by atoms with Crippen LogP contribution in [-0.4, -0.2) is 11.7 Å². The van der Waals surface area contributed by atoms with E-state index < -0.39 is 6.17 Å². The van der Waals surface area contributed by atoms with Gasteiger partial charge in [-0.2, -0.15) is 0 Å². The molecule has 0 radical (unpaired) electrons. The predicted molar refractivity (Wildman–Crippen MR) is 234 cm³/mol. The molecule has 0 spiro atoms. The fourth-order valence-electron chi connectivity index (χ4n) is 7.89. The Morgan fingerprint density at radius 2 is 1.11 bits per heavy atom. The Balaban J connectivity index is 1.11. The van der Waals surface area contributed by atoms with Crippen molar-refractivity contribution in [3.8, 4) is 33.4 Å². The number of thiophene rings is 1. The van der Waals surface area contributed by atoms with E-state index in [0.717, 1.165) is 41.2 Å². The number of rotatable bonds is 7. The number of amidine groups is 2. The van der Waals surface area contributed by atoms with Gasteiger partial charge in [-0.3, -0.25) is 0 Å². The normalized spacial score (nSPS) is 14.4. The molecular formula is C51H37N3S. The summed E-state index contributed by atoms with van der Waals surface area (Å²) in [4.78, 5) is 10.5. The van der Waals surface area contributed by atoms with Crippen molar-refractivity contribution in [2.75, 3.05) is 0 Å². The van der Waals surface area contributed by atoms with E-state index in [-0.39, 0.29) is 0 Å². The number of nitrogens with zero attached hydrogens (tertiary/aromatic N) is 2. The largest absolute Gasteiger partial charge is 0.324 e. The van der Waals surface area contributed by atoms with Crippen LogP contribution < -0.4 is 5.32 Å². The molecule has 0 fully saturated rings. The summed E-state index contributed by atoms with van der Waals surface area (Å²) in [6.45, 7) is 0. The highest BCUT2D eigenvalue weighted by molar-refractivity contribution is 7.25. The van der Waals surface area contributed by atoms with Gasteiger partial charge in [-0.05, 0) is 87.7 Å². The van der Waals surface area contributed by atoms with Gasteiger partial charge in [0.2, 0.25) is 0 Å². The minimum absolute atomic E-state index is 0.405. The van der Waals surface area contributed by atoms with Crippen molar-refractivity contribution < 1.29 is 0 Å². The minimum Gasteiger partial charge on any atom is -0.324 e. The summed E-state index contributed by atoms with van der Waals surface area (Å²) in [6.07, 6.45) is 8.43. The van der Waals surface area contributed by atoms with Gasteiger partial charge in [0.25, 0.3) is 0 Å². The van der Waals surface area contributed by atoms with Crippen LogP contribution >= 0.6 is 11.3 Å². The van der Waals surface area contributed by atoms with Gasteiger partial charge in [0.1, 0.15) is 11.7 Å². The SMILES string of the molecule is C1=CCCC(c2cc(-c3cccc(-c4ccccc4)c3)ccc2-c2ccc3sc4cccc(C5N=C(c6ccccc6)NC(c6ccccc6)=N5)c4c3c2)=C1. The summed E-state index contributed by atoms with van der Waals surface area (Å²) in [6, 6.07) is 60.8. The average molecular weight is 724 g/mol. The zero-order valence-electron chi connectivity index (χ0n) is 30.2. The standard InChI is InChI=1S/C51H37N3S/c1-5-15-34(16-6-1)38-23-13-24-39(31-38)40-27-29-42(44(32-40)35-17-7-2-8-18-35)41-28-30-46-45(33-41)48-43(25-14-26-47(48)55-46)51-53-49(36-19-9-3-10-20-36)52-50(54-51)37-21-11-4-12-22-37/h1-7,9-17,19-33,51H,8,18H2,(H,52,53,54). The van der Waals surface area contributed by atoms with Crippen LogP contribution in [0.5, 0.6) is 0 Å². The van der Waals surface area contributed by atoms with E-state index >= 15 is 0 Å². The number of fused-ring (bicyclic) bond motifs is 3. The quantitative estimate of drug-likeness (QED) is 0.175. The van der Waals surface area contributed by atoms with E-state index in [1.807, 2.05) is 23.5 Å². The molecule has 2 heterocycles. The van der Waals surface area contributed by atoms with Crippen LogP contribution in [0.2, 0.25) is 0 Å². The van der Waals surface area contributed by atoms with Crippen molar-refractivity contribution in [1.29, 1.82) is 0 Å². The summed E-state index contributed by atoms with van der Waals surface area (Å²) in [7, 11) is 0. The molecule has 0 bridgehead atoms. The third-order valence-electron chi connectivity index (χ3n) is 10.6. The van der Waals surface area contributed by atoms with Gasteiger partial charge in [-0.25, -0.2) is 9.98 Å². The molecule has 2 aliphatic rings. The van der Waals surface area contributed by atoms with E-state index in [1.54, 1.807) is 0 Å². The lowest BCUT2D eigenvalue weighted by atomic mass is 9.87. The fourth-order valence-corrected chi connectivity index (χ4v) is 9.01. The summed E-state index contributed by atoms with van der Waals surface area (Å²) in [5.74, 6) is 1.65. The van der Waals surface area contributed by atoms with Gasteiger partial charge < -0.3 is 5.32 Å². The monoisotopic (exact) mass is 723 g/mol. The molecule has 0 saturated heterocycles. The predicted octanol–water partition coefficient (Wildman–Crippen LogP) is 13.3. The molecule has 0 saturated carbocycles. The van der Waals surface area contributed by atoms with Crippen LogP contribution in [0.15, 0.2) is 198 Å². The molecule has 262 valence electrons. The second-order valence-corrected chi connectivity index (χ2v) is 15.2. The summed E-state index contributed by atoms with van der Waals surface area (Å²) >= 11 is 1.84. The van der Waals surface area contributed by atoms with Crippen LogP contribution in [-0.2, 0) is 0 Å². The highest BCUT2D eigenvalue weighted by atomic mass is 32.1. The smallest absolute Gasteiger partial charge is 0.170 e. The first-order valence-electron chi connectivity index (χ1n) is 18.9. The lowest BCUT2D eigenvalue weighted by molar-refractivity contribution is 0.763. The molecule has 4 heteroatoms. The van der Waals surface area contributed by atoms with E-state index in [1.165, 1.54) is 64.7 Å². The van der Waals surface area contributed by atoms with E-state index in [4.69, 9.17) is 9.98 Å². The molecule has 3 nitrogen and oxygen atoms in total. The van der Waals surface area contributed by atoms with E-state index in [0.29, 0.717) is 0 Å². The average Bonchev–Trinajstić information content (AvgIpc) is 3.66. The topological polar surface area (TPSA) is 36.8 Å². The third-order valence-corrected chi connectivity index (χ3v) is 11.8. The molecule has 1 aliphatic heterocycles. The number of aliphatic imine (C=N–C) groups is 2. The van der Waals surface area contributed by atoms with Crippen LogP contribution in [0.4, 0.5) is 0 Å². The Morgan fingerprint density at radius 1 is 0.491 bits per heavy atom. The molecule has 1 aliphatic carbocycles. The van der Waals surface area contributed by atoms with Gasteiger partial charge in [-0.15, -0.1) is 11.3 Å². The van der Waals surface area contributed by atoms with Gasteiger partial charge in [0.05, 0.1) is 0 Å². The molecule has 1 N–H and O–H groups in total. The molecule has 7 aromatic carbocycles. The Labute approximate surface area is 325 Å². The Morgan fingerprint density at radius 3 is 1.80 bits per heavy atom. The Kier molecular flexibility index (Phi) is 8.59. The number of hydrogen-bond acceptors (Lipinski definition) is 4. The number of allylic oxidation sites excluding steroid dienone is 4. The van der Waals surface area contributed by atoms with Gasteiger partial charge in [0, 0.05) is 36.9 Å². The highest BCUT2D eigenvalue weighted by Gasteiger charge is 2.24. The van der Waals surface area contributed by atoms with Crippen molar-refractivity contribution >= 4 is 48.8 Å². The maximum Gasteiger partial charge on any atom is 0.170 e.